The summed E-state index contributed by atoms with van der Waals surface area (Å²) in [5, 5.41) is 9.16. The van der Waals surface area contributed by atoms with E-state index in [1.54, 1.807) is 0 Å². The zero-order valence-electron chi connectivity index (χ0n) is 15.1. The van der Waals surface area contributed by atoms with E-state index in [0.717, 1.165) is 6.07 Å². The largest absolute Gasteiger partial charge is 0.464 e. The molecule has 0 radical (unpaired) electrons. The van der Waals surface area contributed by atoms with Crippen molar-refractivity contribution >= 4 is 27.4 Å². The molecule has 29 heavy (non-hydrogen) atoms. The summed E-state index contributed by atoms with van der Waals surface area (Å²) in [7, 11) is -2.87. The van der Waals surface area contributed by atoms with Crippen molar-refractivity contribution in [3.05, 3.63) is 71.8 Å². The van der Waals surface area contributed by atoms with Gasteiger partial charge in [-0.2, -0.15) is 5.26 Å². The number of nitrogens with one attached hydrogen (secondary N) is 1. The van der Waals surface area contributed by atoms with Crippen LogP contribution < -0.4 is 10.5 Å². The summed E-state index contributed by atoms with van der Waals surface area (Å²) in [5.74, 6) is -1.45. The smallest absolute Gasteiger partial charge is 0.357 e. The Hall–Kier alpha value is -3.84. The van der Waals surface area contributed by atoms with Crippen LogP contribution in [0.2, 0.25) is 0 Å². The van der Waals surface area contributed by atoms with Gasteiger partial charge in [-0.3, -0.25) is 4.72 Å². The number of aromatic nitrogens is 1. The summed E-state index contributed by atoms with van der Waals surface area (Å²) < 4.78 is 47.0. The summed E-state index contributed by atoms with van der Waals surface area (Å²) in [6.45, 7) is 0. The number of carbonyl (C=O) groups excluding carboxylic acids is 1. The Labute approximate surface area is 166 Å². The lowest BCUT2D eigenvalue weighted by Crippen LogP contribution is -2.14. The van der Waals surface area contributed by atoms with Gasteiger partial charge in [-0.15, -0.1) is 0 Å². The topological polar surface area (TPSA) is 127 Å². The fourth-order valence-electron chi connectivity index (χ4n) is 2.65. The van der Waals surface area contributed by atoms with E-state index in [4.69, 9.17) is 15.7 Å². The van der Waals surface area contributed by atoms with Gasteiger partial charge < -0.3 is 15.0 Å². The number of rotatable bonds is 5. The fourth-order valence-corrected chi connectivity index (χ4v) is 3.72. The van der Waals surface area contributed by atoms with Crippen LogP contribution in [0.25, 0.3) is 5.69 Å². The minimum absolute atomic E-state index is 0.0442. The highest BCUT2D eigenvalue weighted by Crippen LogP contribution is 2.26. The molecule has 8 nitrogen and oxygen atoms in total. The number of nitrogen functional groups attached to an aromatic ring is 1. The lowest BCUT2D eigenvalue weighted by Gasteiger charge is -2.11. The molecule has 0 fully saturated rings. The summed E-state index contributed by atoms with van der Waals surface area (Å²) in [5.41, 5.74) is 6.02. The van der Waals surface area contributed by atoms with Crippen LogP contribution in [0.4, 0.5) is 15.8 Å². The first-order valence-corrected chi connectivity index (χ1v) is 9.64. The summed E-state index contributed by atoms with van der Waals surface area (Å²) in [4.78, 5) is 11.9. The first-order chi connectivity index (χ1) is 13.8. The molecule has 2 aromatic carbocycles. The average molecular weight is 414 g/mol. The van der Waals surface area contributed by atoms with Gasteiger partial charge in [0, 0.05) is 11.9 Å². The minimum Gasteiger partial charge on any atom is -0.464 e. The van der Waals surface area contributed by atoms with Crippen LogP contribution in [0.15, 0.2) is 59.6 Å². The van der Waals surface area contributed by atoms with Gasteiger partial charge in [-0.1, -0.05) is 12.1 Å². The molecule has 3 rings (SSSR count). The van der Waals surface area contributed by atoms with E-state index >= 15 is 0 Å². The number of anilines is 2. The van der Waals surface area contributed by atoms with Crippen LogP contribution >= 0.6 is 0 Å². The molecule has 0 bridgehead atoms. The molecule has 0 atom stereocenters. The number of hydrogen-bond donors (Lipinski definition) is 2. The van der Waals surface area contributed by atoms with Gasteiger partial charge in [0.1, 0.15) is 11.9 Å². The number of nitriles is 1. The van der Waals surface area contributed by atoms with Crippen LogP contribution in [0.3, 0.4) is 0 Å². The van der Waals surface area contributed by atoms with Gasteiger partial charge in [0.15, 0.2) is 5.69 Å². The third kappa shape index (κ3) is 3.76. The zero-order valence-corrected chi connectivity index (χ0v) is 15.9. The molecule has 0 aliphatic rings. The Balaban J connectivity index is 1.98. The molecule has 3 N–H and O–H groups in total. The third-order valence-corrected chi connectivity index (χ3v) is 5.47. The van der Waals surface area contributed by atoms with Crippen LogP contribution in [0, 0.1) is 17.1 Å². The van der Waals surface area contributed by atoms with Crippen molar-refractivity contribution in [2.24, 2.45) is 0 Å². The molecule has 0 amide bonds. The molecule has 0 saturated heterocycles. The molecule has 148 valence electrons. The van der Waals surface area contributed by atoms with E-state index in [1.165, 1.54) is 60.3 Å². The van der Waals surface area contributed by atoms with E-state index in [9.17, 15) is 17.6 Å². The van der Waals surface area contributed by atoms with Crippen molar-refractivity contribution in [2.75, 3.05) is 17.6 Å². The lowest BCUT2D eigenvalue weighted by molar-refractivity contribution is 0.0593. The summed E-state index contributed by atoms with van der Waals surface area (Å²) >= 11 is 0. The maximum absolute atomic E-state index is 13.7. The quantitative estimate of drug-likeness (QED) is 0.618. The van der Waals surface area contributed by atoms with E-state index in [-0.39, 0.29) is 27.5 Å². The van der Waals surface area contributed by atoms with Crippen LogP contribution in [-0.4, -0.2) is 26.1 Å². The fraction of sp³-hybridized carbons (Fsp3) is 0.0526. The van der Waals surface area contributed by atoms with Gasteiger partial charge in [0.25, 0.3) is 10.0 Å². The normalized spacial score (nSPS) is 10.9. The van der Waals surface area contributed by atoms with Gasteiger partial charge in [-0.25, -0.2) is 17.6 Å². The molecule has 3 aromatic rings. The number of nitrogens with two attached hydrogens (primary N) is 1. The maximum atomic E-state index is 13.7. The highest BCUT2D eigenvalue weighted by Gasteiger charge is 2.22. The molecule has 0 spiro atoms. The van der Waals surface area contributed by atoms with E-state index < -0.39 is 21.8 Å². The predicted molar refractivity (Wildman–Crippen MR) is 103 cm³/mol. The number of nitrogens with zero attached hydrogens (tertiary/aromatic N) is 2. The molecule has 0 aliphatic carbocycles. The number of hydrogen-bond acceptors (Lipinski definition) is 6. The molecule has 10 heteroatoms. The van der Waals surface area contributed by atoms with E-state index in [0.29, 0.717) is 5.69 Å². The molecule has 0 unspecified atom stereocenters. The number of ether oxygens (including phenoxy) is 1. The predicted octanol–water partition coefficient (Wildman–Crippen LogP) is 2.66. The Morgan fingerprint density at radius 1 is 1.21 bits per heavy atom. The van der Waals surface area contributed by atoms with Crippen molar-refractivity contribution in [2.45, 2.75) is 4.90 Å². The molecule has 0 aliphatic heterocycles. The van der Waals surface area contributed by atoms with Crippen LogP contribution in [-0.2, 0) is 14.8 Å². The summed E-state index contributed by atoms with van der Waals surface area (Å²) in [6, 6.07) is 12.7. The number of sulfonamides is 1. The molecule has 1 heterocycles. The third-order valence-electron chi connectivity index (χ3n) is 4.09. The lowest BCUT2D eigenvalue weighted by atomic mass is 10.2. The Bertz CT molecular complexity index is 1230. The summed E-state index contributed by atoms with van der Waals surface area (Å²) in [6.07, 6.45) is 1.35. The van der Waals surface area contributed by atoms with Crippen molar-refractivity contribution in [1.29, 1.82) is 5.26 Å². The van der Waals surface area contributed by atoms with E-state index in [2.05, 4.69) is 4.72 Å². The van der Waals surface area contributed by atoms with E-state index in [1.807, 2.05) is 6.07 Å². The number of benzene rings is 2. The first-order valence-electron chi connectivity index (χ1n) is 8.15. The van der Waals surface area contributed by atoms with Gasteiger partial charge in [0.05, 0.1) is 28.9 Å². The second-order valence-electron chi connectivity index (χ2n) is 5.86. The van der Waals surface area contributed by atoms with Gasteiger partial charge in [0.2, 0.25) is 0 Å². The second-order valence-corrected chi connectivity index (χ2v) is 7.54. The highest BCUT2D eigenvalue weighted by molar-refractivity contribution is 7.92. The van der Waals surface area contributed by atoms with Crippen molar-refractivity contribution < 1.29 is 22.3 Å². The minimum atomic E-state index is -4.04. The van der Waals surface area contributed by atoms with Gasteiger partial charge in [-0.05, 0) is 36.4 Å². The van der Waals surface area contributed by atoms with Crippen molar-refractivity contribution in [1.82, 2.24) is 4.57 Å². The Morgan fingerprint density at radius 2 is 1.86 bits per heavy atom. The zero-order chi connectivity index (χ0) is 21.2. The SMILES string of the molecule is COC(=O)c1c(N)c(C#N)cn1-c1ccc(S(=O)(=O)Nc2ccccc2F)cc1. The highest BCUT2D eigenvalue weighted by atomic mass is 32.2. The van der Waals surface area contributed by atoms with Crippen molar-refractivity contribution in [3.63, 3.8) is 0 Å². The number of esters is 1. The number of halogens is 1. The van der Waals surface area contributed by atoms with Crippen molar-refractivity contribution in [3.8, 4) is 11.8 Å². The van der Waals surface area contributed by atoms with Gasteiger partial charge >= 0.3 is 5.97 Å². The van der Waals surface area contributed by atoms with Crippen LogP contribution in [0.5, 0.6) is 0 Å². The first kappa shape index (κ1) is 19.9. The second kappa shape index (κ2) is 7.65. The van der Waals surface area contributed by atoms with Crippen LogP contribution in [0.1, 0.15) is 16.1 Å². The number of methoxy groups -OCH3 is 1. The standard InChI is InChI=1S/C19H15FN4O4S/c1-28-19(25)18-17(22)12(10-21)11-24(18)13-6-8-14(9-7-13)29(26,27)23-16-5-3-2-4-15(16)20/h2-9,11,23H,22H2,1H3. The molecule has 0 saturated carbocycles. The number of para-hydroxylation sites is 1. The monoisotopic (exact) mass is 414 g/mol. The molecular weight excluding hydrogens is 399 g/mol. The average Bonchev–Trinajstić information content (AvgIpc) is 3.05. The maximum Gasteiger partial charge on any atom is 0.357 e. The molecular formula is C19H15FN4O4S. The molecule has 1 aromatic heterocycles. The Morgan fingerprint density at radius 3 is 2.45 bits per heavy atom. The Kier molecular flexibility index (Phi) is 5.25. The number of carbonyl (C=O) groups is 1.